The smallest absolute Gasteiger partial charge is 0.194 e. The standard InChI is InChI=1S/C19H32N4O2S.HI/c1-3-20-19(21-10-15(24)13-25-12-14-8-9-14)23(2)11-18-22-16-6-4-5-7-17(16)26-18;/h14-15,24H,3-13H2,1-2H3,(H,20,21);1H. The van der Waals surface area contributed by atoms with Crippen molar-refractivity contribution in [1.29, 1.82) is 0 Å². The molecule has 6 nitrogen and oxygen atoms in total. The van der Waals surface area contributed by atoms with Crippen LogP contribution in [-0.2, 0) is 24.1 Å². The van der Waals surface area contributed by atoms with E-state index in [0.29, 0.717) is 13.2 Å². The summed E-state index contributed by atoms with van der Waals surface area (Å²) in [6, 6.07) is 0. The van der Waals surface area contributed by atoms with E-state index < -0.39 is 6.10 Å². The molecule has 2 N–H and O–H groups in total. The summed E-state index contributed by atoms with van der Waals surface area (Å²) in [6.45, 7) is 5.09. The van der Waals surface area contributed by atoms with Crippen molar-refractivity contribution in [3.63, 3.8) is 0 Å². The Hall–Kier alpha value is -0.450. The molecular weight excluding hydrogens is 475 g/mol. The van der Waals surface area contributed by atoms with Gasteiger partial charge in [0.15, 0.2) is 5.96 Å². The average Bonchev–Trinajstić information content (AvgIpc) is 3.36. The molecule has 2 aliphatic rings. The number of halogens is 1. The van der Waals surface area contributed by atoms with Gasteiger partial charge in [-0.3, -0.25) is 4.99 Å². The predicted octanol–water partition coefficient (Wildman–Crippen LogP) is 2.82. The maximum atomic E-state index is 10.1. The second kappa shape index (κ2) is 11.5. The van der Waals surface area contributed by atoms with E-state index in [9.17, 15) is 5.11 Å². The fourth-order valence-electron chi connectivity index (χ4n) is 3.12. The second-order valence-corrected chi connectivity index (χ2v) is 8.54. The van der Waals surface area contributed by atoms with E-state index >= 15 is 0 Å². The molecule has 1 heterocycles. The van der Waals surface area contributed by atoms with E-state index in [1.165, 1.54) is 42.7 Å². The fraction of sp³-hybridized carbons (Fsp3) is 0.789. The molecule has 1 aromatic rings. The van der Waals surface area contributed by atoms with E-state index in [2.05, 4.69) is 22.1 Å². The van der Waals surface area contributed by atoms with Crippen molar-refractivity contribution in [3.8, 4) is 0 Å². The van der Waals surface area contributed by atoms with Gasteiger partial charge >= 0.3 is 0 Å². The highest BCUT2D eigenvalue weighted by Crippen LogP contribution is 2.29. The van der Waals surface area contributed by atoms with Gasteiger partial charge in [0.05, 0.1) is 31.5 Å². The minimum Gasteiger partial charge on any atom is -0.389 e. The predicted molar refractivity (Wildman–Crippen MR) is 121 cm³/mol. The largest absolute Gasteiger partial charge is 0.389 e. The molecule has 0 radical (unpaired) electrons. The minimum atomic E-state index is -0.553. The molecule has 0 bridgehead atoms. The van der Waals surface area contributed by atoms with E-state index in [0.717, 1.165) is 43.0 Å². The van der Waals surface area contributed by atoms with Crippen LogP contribution in [0.3, 0.4) is 0 Å². The molecule has 0 amide bonds. The zero-order chi connectivity index (χ0) is 18.4. The lowest BCUT2D eigenvalue weighted by atomic mass is 10.0. The highest BCUT2D eigenvalue weighted by molar-refractivity contribution is 14.0. The lowest BCUT2D eigenvalue weighted by molar-refractivity contribution is 0.0367. The Morgan fingerprint density at radius 3 is 2.89 bits per heavy atom. The maximum absolute atomic E-state index is 10.1. The third kappa shape index (κ3) is 7.47. The summed E-state index contributed by atoms with van der Waals surface area (Å²) in [5.74, 6) is 1.53. The highest BCUT2D eigenvalue weighted by Gasteiger charge is 2.21. The minimum absolute atomic E-state index is 0. The Balaban J connectivity index is 0.00000261. The zero-order valence-electron chi connectivity index (χ0n) is 16.4. The summed E-state index contributed by atoms with van der Waals surface area (Å²) in [4.78, 5) is 13.0. The Morgan fingerprint density at radius 2 is 2.19 bits per heavy atom. The first-order valence-electron chi connectivity index (χ1n) is 9.88. The molecule has 1 unspecified atom stereocenters. The molecule has 8 heteroatoms. The number of aliphatic imine (C=N–C) groups is 1. The van der Waals surface area contributed by atoms with Gasteiger partial charge in [0.1, 0.15) is 5.01 Å². The molecule has 154 valence electrons. The van der Waals surface area contributed by atoms with Gasteiger partial charge in [-0.2, -0.15) is 0 Å². The van der Waals surface area contributed by atoms with Crippen molar-refractivity contribution < 1.29 is 9.84 Å². The van der Waals surface area contributed by atoms with Crippen molar-refractivity contribution in [2.45, 2.75) is 58.1 Å². The van der Waals surface area contributed by atoms with Gasteiger partial charge in [0, 0.05) is 25.1 Å². The van der Waals surface area contributed by atoms with E-state index in [-0.39, 0.29) is 24.0 Å². The van der Waals surface area contributed by atoms with Crippen LogP contribution < -0.4 is 5.32 Å². The summed E-state index contributed by atoms with van der Waals surface area (Å²) in [7, 11) is 2.03. The number of rotatable bonds is 9. The molecule has 1 atom stereocenters. The van der Waals surface area contributed by atoms with Gasteiger partial charge in [-0.15, -0.1) is 35.3 Å². The molecule has 0 spiro atoms. The highest BCUT2D eigenvalue weighted by atomic mass is 127. The van der Waals surface area contributed by atoms with Gasteiger partial charge in [0.25, 0.3) is 0 Å². The second-order valence-electron chi connectivity index (χ2n) is 7.37. The first-order chi connectivity index (χ1) is 12.7. The van der Waals surface area contributed by atoms with Gasteiger partial charge < -0.3 is 20.1 Å². The number of nitrogens with one attached hydrogen (secondary N) is 1. The first-order valence-corrected chi connectivity index (χ1v) is 10.7. The number of aromatic nitrogens is 1. The number of hydrogen-bond donors (Lipinski definition) is 2. The third-order valence-electron chi connectivity index (χ3n) is 4.77. The SMILES string of the molecule is CCNC(=NCC(O)COCC1CC1)N(C)Cc1nc2c(s1)CCCC2.I. The number of aliphatic hydroxyl groups excluding tert-OH is 1. The Bertz CT molecular complexity index is 583. The molecule has 27 heavy (non-hydrogen) atoms. The number of fused-ring (bicyclic) bond motifs is 1. The van der Waals surface area contributed by atoms with E-state index in [1.807, 2.05) is 18.4 Å². The van der Waals surface area contributed by atoms with E-state index in [1.54, 1.807) is 0 Å². The maximum Gasteiger partial charge on any atom is 0.194 e. The Morgan fingerprint density at radius 1 is 1.41 bits per heavy atom. The van der Waals surface area contributed by atoms with Gasteiger partial charge in [-0.25, -0.2) is 4.98 Å². The van der Waals surface area contributed by atoms with Crippen molar-refractivity contribution >= 4 is 41.3 Å². The van der Waals surface area contributed by atoms with Gasteiger partial charge in [0.2, 0.25) is 0 Å². The molecule has 3 rings (SSSR count). The topological polar surface area (TPSA) is 70.0 Å². The van der Waals surface area contributed by atoms with Crippen LogP contribution in [-0.4, -0.2) is 60.4 Å². The van der Waals surface area contributed by atoms with Crippen LogP contribution in [0, 0.1) is 5.92 Å². The Kier molecular flexibility index (Phi) is 9.75. The monoisotopic (exact) mass is 508 g/mol. The molecule has 0 aromatic carbocycles. The number of ether oxygens (including phenoxy) is 1. The van der Waals surface area contributed by atoms with Gasteiger partial charge in [-0.1, -0.05) is 0 Å². The number of aryl methyl sites for hydroxylation is 2. The van der Waals surface area contributed by atoms with Crippen LogP contribution in [0.5, 0.6) is 0 Å². The molecule has 0 aliphatic heterocycles. The summed E-state index contributed by atoms with van der Waals surface area (Å²) < 4.78 is 5.55. The Labute approximate surface area is 183 Å². The summed E-state index contributed by atoms with van der Waals surface area (Å²) >= 11 is 1.84. The van der Waals surface area contributed by atoms with Crippen LogP contribution >= 0.6 is 35.3 Å². The lowest BCUT2D eigenvalue weighted by Gasteiger charge is -2.21. The van der Waals surface area contributed by atoms with Crippen molar-refractivity contribution in [2.75, 3.05) is 33.4 Å². The zero-order valence-corrected chi connectivity index (χ0v) is 19.6. The molecule has 0 saturated heterocycles. The number of hydrogen-bond acceptors (Lipinski definition) is 5. The molecular formula is C19H33IN4O2S. The van der Waals surface area contributed by atoms with Crippen molar-refractivity contribution in [2.24, 2.45) is 10.9 Å². The fourth-order valence-corrected chi connectivity index (χ4v) is 4.33. The average molecular weight is 508 g/mol. The summed E-state index contributed by atoms with van der Waals surface area (Å²) in [6.07, 6.45) is 6.83. The molecule has 1 fully saturated rings. The third-order valence-corrected chi connectivity index (χ3v) is 5.91. The van der Waals surface area contributed by atoms with Crippen LogP contribution in [0.1, 0.15) is 48.2 Å². The van der Waals surface area contributed by atoms with Crippen LogP contribution in [0.15, 0.2) is 4.99 Å². The van der Waals surface area contributed by atoms with E-state index in [4.69, 9.17) is 9.72 Å². The molecule has 2 aliphatic carbocycles. The molecule has 1 aromatic heterocycles. The quantitative estimate of drug-likeness (QED) is 0.305. The van der Waals surface area contributed by atoms with Crippen LogP contribution in [0.25, 0.3) is 0 Å². The van der Waals surface area contributed by atoms with Crippen LogP contribution in [0.2, 0.25) is 0 Å². The number of guanidine groups is 1. The first kappa shape index (κ1) is 22.8. The number of thiazole rings is 1. The van der Waals surface area contributed by atoms with Gasteiger partial charge in [-0.05, 0) is 51.4 Å². The number of aliphatic hydroxyl groups is 1. The normalized spacial score (nSPS) is 17.8. The van der Waals surface area contributed by atoms with Crippen LogP contribution in [0.4, 0.5) is 0 Å². The summed E-state index contributed by atoms with van der Waals surface area (Å²) in [5, 5.41) is 14.5. The van der Waals surface area contributed by atoms with Crippen molar-refractivity contribution in [1.82, 2.24) is 15.2 Å². The molecule has 1 saturated carbocycles. The van der Waals surface area contributed by atoms with Crippen molar-refractivity contribution in [3.05, 3.63) is 15.6 Å². The number of nitrogens with zero attached hydrogens (tertiary/aromatic N) is 3. The lowest BCUT2D eigenvalue weighted by Crippen LogP contribution is -2.39. The summed E-state index contributed by atoms with van der Waals surface area (Å²) in [5.41, 5.74) is 1.30.